The van der Waals surface area contributed by atoms with E-state index in [4.69, 9.17) is 21.1 Å². The summed E-state index contributed by atoms with van der Waals surface area (Å²) in [6.45, 7) is 0. The first-order valence-electron chi connectivity index (χ1n) is 7.99. The Morgan fingerprint density at radius 2 is 1.96 bits per heavy atom. The van der Waals surface area contributed by atoms with E-state index in [-0.39, 0.29) is 17.0 Å². The Kier molecular flexibility index (Phi) is 5.30. The van der Waals surface area contributed by atoms with E-state index < -0.39 is 21.9 Å². The third-order valence-corrected chi connectivity index (χ3v) is 5.61. The Bertz CT molecular complexity index is 990. The molecule has 0 unspecified atom stereocenters. The maximum absolute atomic E-state index is 14.5. The van der Waals surface area contributed by atoms with Crippen molar-refractivity contribution < 1.29 is 22.3 Å². The summed E-state index contributed by atoms with van der Waals surface area (Å²) in [6.07, 6.45) is 1.15. The second kappa shape index (κ2) is 7.36. The van der Waals surface area contributed by atoms with Gasteiger partial charge >= 0.3 is 0 Å². The molecule has 0 N–H and O–H groups in total. The summed E-state index contributed by atoms with van der Waals surface area (Å²) in [5, 5.41) is 4.40. The van der Waals surface area contributed by atoms with Crippen LogP contribution in [0.15, 0.2) is 41.5 Å². The second-order valence-corrected chi connectivity index (χ2v) is 8.25. The van der Waals surface area contributed by atoms with Gasteiger partial charge in [0, 0.05) is 22.6 Å². The lowest BCUT2D eigenvalue weighted by Crippen LogP contribution is -2.26. The highest BCUT2D eigenvalue weighted by atomic mass is 35.5. The molecule has 3 rings (SSSR count). The van der Waals surface area contributed by atoms with E-state index in [1.54, 1.807) is 18.2 Å². The summed E-state index contributed by atoms with van der Waals surface area (Å²) in [5.74, 6) is 0.477. The van der Waals surface area contributed by atoms with Gasteiger partial charge in [0.1, 0.15) is 17.3 Å². The van der Waals surface area contributed by atoms with Crippen LogP contribution in [-0.4, -0.2) is 39.0 Å². The van der Waals surface area contributed by atoms with Gasteiger partial charge in [-0.15, -0.1) is 0 Å². The zero-order valence-corrected chi connectivity index (χ0v) is 16.5. The monoisotopic (exact) mass is 412 g/mol. The van der Waals surface area contributed by atoms with Crippen LogP contribution < -0.4 is 9.47 Å². The molecular formula is C18H18ClFN2O4S. The van der Waals surface area contributed by atoms with Crippen LogP contribution in [0.3, 0.4) is 0 Å². The number of rotatable bonds is 5. The van der Waals surface area contributed by atoms with Crippen LogP contribution >= 0.6 is 11.6 Å². The first-order chi connectivity index (χ1) is 12.8. The molecule has 1 aliphatic rings. The van der Waals surface area contributed by atoms with Crippen molar-refractivity contribution in [3.05, 3.63) is 58.4 Å². The number of ether oxygens (including phenoxy) is 2. The lowest BCUT2D eigenvalue weighted by Gasteiger charge is -2.22. The minimum atomic E-state index is -3.76. The van der Waals surface area contributed by atoms with Crippen molar-refractivity contribution in [2.75, 3.05) is 20.5 Å². The van der Waals surface area contributed by atoms with E-state index in [1.807, 2.05) is 0 Å². The topological polar surface area (TPSA) is 68.2 Å². The lowest BCUT2D eigenvalue weighted by molar-refractivity contribution is 0.365. The smallest absolute Gasteiger partial charge is 0.247 e. The molecule has 1 aliphatic heterocycles. The fourth-order valence-corrected chi connectivity index (χ4v) is 4.22. The van der Waals surface area contributed by atoms with Gasteiger partial charge in [-0.25, -0.2) is 12.8 Å². The molecular weight excluding hydrogens is 395 g/mol. The Hall–Kier alpha value is -2.32. The van der Waals surface area contributed by atoms with Crippen LogP contribution in [0.5, 0.6) is 11.5 Å². The molecule has 0 spiro atoms. The molecule has 1 heterocycles. The molecule has 6 nitrogen and oxygen atoms in total. The molecule has 27 heavy (non-hydrogen) atoms. The van der Waals surface area contributed by atoms with E-state index in [9.17, 15) is 12.8 Å². The highest BCUT2D eigenvalue weighted by Gasteiger charge is 2.38. The highest BCUT2D eigenvalue weighted by Crippen LogP contribution is 2.40. The zero-order valence-electron chi connectivity index (χ0n) is 14.9. The minimum Gasteiger partial charge on any atom is -0.497 e. The van der Waals surface area contributed by atoms with Crippen LogP contribution in [0.4, 0.5) is 4.39 Å². The van der Waals surface area contributed by atoms with Crippen molar-refractivity contribution in [2.24, 2.45) is 5.10 Å². The van der Waals surface area contributed by atoms with E-state index in [0.29, 0.717) is 22.8 Å². The van der Waals surface area contributed by atoms with Crippen molar-refractivity contribution in [2.45, 2.75) is 12.5 Å². The van der Waals surface area contributed by atoms with Gasteiger partial charge in [0.25, 0.3) is 0 Å². The molecule has 0 saturated carbocycles. The maximum atomic E-state index is 14.5. The van der Waals surface area contributed by atoms with Crippen molar-refractivity contribution in [3.8, 4) is 11.5 Å². The van der Waals surface area contributed by atoms with Gasteiger partial charge in [-0.2, -0.15) is 9.52 Å². The molecule has 0 saturated heterocycles. The summed E-state index contributed by atoms with van der Waals surface area (Å²) in [7, 11) is -0.740. The van der Waals surface area contributed by atoms with Gasteiger partial charge in [-0.3, -0.25) is 0 Å². The number of halogens is 2. The van der Waals surface area contributed by atoms with Gasteiger partial charge in [-0.1, -0.05) is 17.7 Å². The number of hydrogen-bond donors (Lipinski definition) is 0. The SMILES string of the molecule is COc1ccc(OC)c(C2=NN(S(C)(=O)=O)[C@H](c3c(F)cccc3Cl)C2)c1. The zero-order chi connectivity index (χ0) is 19.8. The number of hydrogen-bond acceptors (Lipinski definition) is 5. The number of hydrazone groups is 1. The van der Waals surface area contributed by atoms with Gasteiger partial charge in [0.05, 0.1) is 32.2 Å². The molecule has 0 amide bonds. The van der Waals surface area contributed by atoms with E-state index in [1.165, 1.54) is 32.4 Å². The number of sulfonamides is 1. The van der Waals surface area contributed by atoms with Crippen LogP contribution in [0.25, 0.3) is 0 Å². The Morgan fingerprint density at radius 3 is 2.56 bits per heavy atom. The predicted octanol–water partition coefficient (Wildman–Crippen LogP) is 3.61. The predicted molar refractivity (Wildman–Crippen MR) is 102 cm³/mol. The Balaban J connectivity index is 2.13. The molecule has 2 aromatic rings. The number of benzene rings is 2. The van der Waals surface area contributed by atoms with Gasteiger partial charge in [0.2, 0.25) is 10.0 Å². The van der Waals surface area contributed by atoms with E-state index in [0.717, 1.165) is 10.7 Å². The quantitative estimate of drug-likeness (QED) is 0.752. The van der Waals surface area contributed by atoms with Gasteiger partial charge in [0.15, 0.2) is 0 Å². The number of methoxy groups -OCH3 is 2. The molecule has 0 aliphatic carbocycles. The molecule has 0 radical (unpaired) electrons. The lowest BCUT2D eigenvalue weighted by atomic mass is 9.98. The maximum Gasteiger partial charge on any atom is 0.247 e. The molecule has 1 atom stereocenters. The molecule has 0 bridgehead atoms. The first-order valence-corrected chi connectivity index (χ1v) is 10.2. The van der Waals surface area contributed by atoms with Gasteiger partial charge < -0.3 is 9.47 Å². The summed E-state index contributed by atoms with van der Waals surface area (Å²) >= 11 is 6.17. The van der Waals surface area contributed by atoms with Crippen LogP contribution in [0.1, 0.15) is 23.6 Å². The van der Waals surface area contributed by atoms with Gasteiger partial charge in [-0.05, 0) is 30.3 Å². The highest BCUT2D eigenvalue weighted by molar-refractivity contribution is 7.88. The van der Waals surface area contributed by atoms with Crippen LogP contribution in [0.2, 0.25) is 5.02 Å². The van der Waals surface area contributed by atoms with Crippen LogP contribution in [-0.2, 0) is 10.0 Å². The fraction of sp³-hybridized carbons (Fsp3) is 0.278. The average Bonchev–Trinajstić information content (AvgIpc) is 3.06. The average molecular weight is 413 g/mol. The minimum absolute atomic E-state index is 0.0882. The van der Waals surface area contributed by atoms with Crippen molar-refractivity contribution in [1.82, 2.24) is 4.41 Å². The first kappa shape index (κ1) is 19.4. The summed E-state index contributed by atoms with van der Waals surface area (Å²) in [5.41, 5.74) is 1.09. The normalized spacial score (nSPS) is 17.0. The second-order valence-electron chi connectivity index (χ2n) is 6.00. The Labute approximate surface area is 162 Å². The molecule has 9 heteroatoms. The van der Waals surface area contributed by atoms with E-state index in [2.05, 4.69) is 5.10 Å². The molecule has 2 aromatic carbocycles. The molecule has 0 aromatic heterocycles. The fourth-order valence-electron chi connectivity index (χ4n) is 3.04. The third kappa shape index (κ3) is 3.72. The largest absolute Gasteiger partial charge is 0.497 e. The van der Waals surface area contributed by atoms with Crippen LogP contribution in [0, 0.1) is 5.82 Å². The van der Waals surface area contributed by atoms with Crippen molar-refractivity contribution in [3.63, 3.8) is 0 Å². The standard InChI is InChI=1S/C18H18ClFN2O4S/c1-25-11-7-8-17(26-2)12(9-11)15-10-16(22(21-15)27(3,23)24)18-13(19)5-4-6-14(18)20/h4-9,16H,10H2,1-3H3/t16-/m0/s1. The summed E-state index contributed by atoms with van der Waals surface area (Å²) in [6, 6.07) is 8.45. The number of nitrogens with zero attached hydrogens (tertiary/aromatic N) is 2. The van der Waals surface area contributed by atoms with Crippen molar-refractivity contribution >= 4 is 27.3 Å². The Morgan fingerprint density at radius 1 is 1.22 bits per heavy atom. The van der Waals surface area contributed by atoms with Crippen molar-refractivity contribution in [1.29, 1.82) is 0 Å². The van der Waals surface area contributed by atoms with E-state index >= 15 is 0 Å². The summed E-state index contributed by atoms with van der Waals surface area (Å²) < 4.78 is 50.5. The molecule has 0 fully saturated rings. The third-order valence-electron chi connectivity index (χ3n) is 4.26. The summed E-state index contributed by atoms with van der Waals surface area (Å²) in [4.78, 5) is 0. The molecule has 144 valence electrons.